The molecule has 0 heterocycles. The Morgan fingerprint density at radius 3 is 2.55 bits per heavy atom. The summed E-state index contributed by atoms with van der Waals surface area (Å²) in [6.45, 7) is 5.38. The maximum atomic E-state index is 12.0. The van der Waals surface area contributed by atoms with Gasteiger partial charge in [-0.15, -0.1) is 0 Å². The SMILES string of the molecule is CCCOc1ccc(CC(=O)NCc2ccccc2)cc1C. The topological polar surface area (TPSA) is 38.3 Å². The molecule has 0 saturated carbocycles. The van der Waals surface area contributed by atoms with E-state index in [2.05, 4.69) is 12.2 Å². The van der Waals surface area contributed by atoms with Crippen molar-refractivity contribution in [3.63, 3.8) is 0 Å². The molecule has 0 fully saturated rings. The zero-order chi connectivity index (χ0) is 15.8. The van der Waals surface area contributed by atoms with Crippen molar-refractivity contribution < 1.29 is 9.53 Å². The summed E-state index contributed by atoms with van der Waals surface area (Å²) in [5.74, 6) is 0.931. The minimum absolute atomic E-state index is 0.0329. The number of carbonyl (C=O) groups is 1. The summed E-state index contributed by atoms with van der Waals surface area (Å²) in [5.41, 5.74) is 3.18. The Hall–Kier alpha value is -2.29. The highest BCUT2D eigenvalue weighted by Gasteiger charge is 2.06. The summed E-state index contributed by atoms with van der Waals surface area (Å²) in [7, 11) is 0. The van der Waals surface area contributed by atoms with Crippen LogP contribution in [0.25, 0.3) is 0 Å². The predicted molar refractivity (Wildman–Crippen MR) is 89.0 cm³/mol. The zero-order valence-corrected chi connectivity index (χ0v) is 13.3. The Morgan fingerprint density at radius 1 is 1.09 bits per heavy atom. The van der Waals surface area contributed by atoms with Gasteiger partial charge in [-0.25, -0.2) is 0 Å². The molecule has 3 nitrogen and oxygen atoms in total. The number of carbonyl (C=O) groups excluding carboxylic acids is 1. The van der Waals surface area contributed by atoms with E-state index >= 15 is 0 Å². The molecule has 0 radical (unpaired) electrons. The van der Waals surface area contributed by atoms with Crippen LogP contribution in [0.4, 0.5) is 0 Å². The van der Waals surface area contributed by atoms with Gasteiger partial charge in [-0.3, -0.25) is 4.79 Å². The number of rotatable bonds is 7. The van der Waals surface area contributed by atoms with Crippen molar-refractivity contribution in [3.05, 3.63) is 65.2 Å². The van der Waals surface area contributed by atoms with Gasteiger partial charge in [0.25, 0.3) is 0 Å². The number of hydrogen-bond donors (Lipinski definition) is 1. The molecule has 0 aliphatic heterocycles. The third-order valence-electron chi connectivity index (χ3n) is 3.40. The van der Waals surface area contributed by atoms with Crippen molar-refractivity contribution in [1.29, 1.82) is 0 Å². The van der Waals surface area contributed by atoms with Crippen LogP contribution in [0.15, 0.2) is 48.5 Å². The maximum absolute atomic E-state index is 12.0. The van der Waals surface area contributed by atoms with Gasteiger partial charge in [0, 0.05) is 6.54 Å². The smallest absolute Gasteiger partial charge is 0.224 e. The van der Waals surface area contributed by atoms with Crippen molar-refractivity contribution in [1.82, 2.24) is 5.32 Å². The van der Waals surface area contributed by atoms with E-state index in [1.54, 1.807) is 0 Å². The quantitative estimate of drug-likeness (QED) is 0.847. The first-order chi connectivity index (χ1) is 10.7. The van der Waals surface area contributed by atoms with Crippen LogP contribution in [0, 0.1) is 6.92 Å². The predicted octanol–water partition coefficient (Wildman–Crippen LogP) is 3.64. The largest absolute Gasteiger partial charge is 0.493 e. The Morgan fingerprint density at radius 2 is 1.86 bits per heavy atom. The fourth-order valence-corrected chi connectivity index (χ4v) is 2.24. The Kier molecular flexibility index (Phi) is 6.01. The van der Waals surface area contributed by atoms with Crippen LogP contribution in [0.2, 0.25) is 0 Å². The first kappa shape index (κ1) is 16.1. The van der Waals surface area contributed by atoms with E-state index in [4.69, 9.17) is 4.74 Å². The van der Waals surface area contributed by atoms with E-state index in [9.17, 15) is 4.79 Å². The molecule has 0 aliphatic rings. The molecule has 116 valence electrons. The highest BCUT2D eigenvalue weighted by Crippen LogP contribution is 2.19. The van der Waals surface area contributed by atoms with Gasteiger partial charge in [-0.2, -0.15) is 0 Å². The third kappa shape index (κ3) is 4.92. The summed E-state index contributed by atoms with van der Waals surface area (Å²) >= 11 is 0. The number of ether oxygens (including phenoxy) is 1. The monoisotopic (exact) mass is 297 g/mol. The minimum atomic E-state index is 0.0329. The second-order valence-electron chi connectivity index (χ2n) is 5.39. The summed E-state index contributed by atoms with van der Waals surface area (Å²) in [4.78, 5) is 12.0. The van der Waals surface area contributed by atoms with E-state index in [0.29, 0.717) is 13.0 Å². The van der Waals surface area contributed by atoms with Crippen molar-refractivity contribution in [2.24, 2.45) is 0 Å². The second-order valence-corrected chi connectivity index (χ2v) is 5.39. The van der Waals surface area contributed by atoms with E-state index in [-0.39, 0.29) is 5.91 Å². The maximum Gasteiger partial charge on any atom is 0.224 e. The van der Waals surface area contributed by atoms with Gasteiger partial charge < -0.3 is 10.1 Å². The molecule has 0 bridgehead atoms. The average molecular weight is 297 g/mol. The molecule has 2 aromatic carbocycles. The molecular weight excluding hydrogens is 274 g/mol. The Labute approximate surface area is 132 Å². The molecule has 0 saturated heterocycles. The number of aryl methyl sites for hydroxylation is 1. The number of amides is 1. The Balaban J connectivity index is 1.87. The molecule has 22 heavy (non-hydrogen) atoms. The number of benzene rings is 2. The summed E-state index contributed by atoms with van der Waals surface area (Å²) in [5, 5.41) is 2.95. The zero-order valence-electron chi connectivity index (χ0n) is 13.3. The van der Waals surface area contributed by atoms with E-state index in [1.807, 2.05) is 55.5 Å². The Bertz CT molecular complexity index is 608. The van der Waals surface area contributed by atoms with E-state index in [0.717, 1.165) is 35.5 Å². The summed E-state index contributed by atoms with van der Waals surface area (Å²) < 4.78 is 5.65. The van der Waals surface area contributed by atoms with Crippen molar-refractivity contribution >= 4 is 5.91 Å². The molecule has 1 amide bonds. The van der Waals surface area contributed by atoms with Gasteiger partial charge in [-0.05, 0) is 36.1 Å². The minimum Gasteiger partial charge on any atom is -0.493 e. The number of hydrogen-bond acceptors (Lipinski definition) is 2. The van der Waals surface area contributed by atoms with Crippen LogP contribution in [0.1, 0.15) is 30.0 Å². The van der Waals surface area contributed by atoms with Gasteiger partial charge in [0.2, 0.25) is 5.91 Å². The van der Waals surface area contributed by atoms with Crippen LogP contribution in [0.5, 0.6) is 5.75 Å². The normalized spacial score (nSPS) is 10.3. The van der Waals surface area contributed by atoms with Gasteiger partial charge in [-0.1, -0.05) is 49.4 Å². The molecule has 2 aromatic rings. The first-order valence-electron chi connectivity index (χ1n) is 7.72. The average Bonchev–Trinajstić information content (AvgIpc) is 2.53. The van der Waals surface area contributed by atoms with Crippen LogP contribution < -0.4 is 10.1 Å². The van der Waals surface area contributed by atoms with Crippen molar-refractivity contribution in [2.75, 3.05) is 6.61 Å². The van der Waals surface area contributed by atoms with Crippen molar-refractivity contribution in [3.8, 4) is 5.75 Å². The van der Waals surface area contributed by atoms with Crippen LogP contribution >= 0.6 is 0 Å². The van der Waals surface area contributed by atoms with Gasteiger partial charge >= 0.3 is 0 Å². The van der Waals surface area contributed by atoms with Crippen LogP contribution in [0.3, 0.4) is 0 Å². The lowest BCUT2D eigenvalue weighted by atomic mass is 10.1. The standard InChI is InChI=1S/C19H23NO2/c1-3-11-22-18-10-9-17(12-15(18)2)13-19(21)20-14-16-7-5-4-6-8-16/h4-10,12H,3,11,13-14H2,1-2H3,(H,20,21). The lowest BCUT2D eigenvalue weighted by Gasteiger charge is -2.10. The lowest BCUT2D eigenvalue weighted by Crippen LogP contribution is -2.24. The molecule has 2 rings (SSSR count). The summed E-state index contributed by atoms with van der Waals surface area (Å²) in [6, 6.07) is 15.8. The highest BCUT2D eigenvalue weighted by atomic mass is 16.5. The fourth-order valence-electron chi connectivity index (χ4n) is 2.24. The molecular formula is C19H23NO2. The molecule has 1 N–H and O–H groups in total. The molecule has 0 unspecified atom stereocenters. The molecule has 3 heteroatoms. The fraction of sp³-hybridized carbons (Fsp3) is 0.316. The van der Waals surface area contributed by atoms with Gasteiger partial charge in [0.05, 0.1) is 13.0 Å². The van der Waals surface area contributed by atoms with Crippen LogP contribution in [-0.2, 0) is 17.8 Å². The third-order valence-corrected chi connectivity index (χ3v) is 3.40. The molecule has 0 atom stereocenters. The summed E-state index contributed by atoms with van der Waals surface area (Å²) in [6.07, 6.45) is 1.38. The molecule has 0 spiro atoms. The first-order valence-corrected chi connectivity index (χ1v) is 7.72. The van der Waals surface area contributed by atoms with Gasteiger partial charge in [0.15, 0.2) is 0 Å². The van der Waals surface area contributed by atoms with E-state index < -0.39 is 0 Å². The highest BCUT2D eigenvalue weighted by molar-refractivity contribution is 5.78. The molecule has 0 aliphatic carbocycles. The van der Waals surface area contributed by atoms with E-state index in [1.165, 1.54) is 0 Å². The van der Waals surface area contributed by atoms with Crippen LogP contribution in [-0.4, -0.2) is 12.5 Å². The number of nitrogens with one attached hydrogen (secondary N) is 1. The second kappa shape index (κ2) is 8.23. The molecule has 0 aromatic heterocycles. The van der Waals surface area contributed by atoms with Crippen molar-refractivity contribution in [2.45, 2.75) is 33.2 Å². The lowest BCUT2D eigenvalue weighted by molar-refractivity contribution is -0.120. The van der Waals surface area contributed by atoms with Gasteiger partial charge in [0.1, 0.15) is 5.75 Å².